The Bertz CT molecular complexity index is 708. The molecule has 2 heterocycles. The number of hydrogen-bond acceptors (Lipinski definition) is 4. The Hall–Kier alpha value is -2.73. The van der Waals surface area contributed by atoms with Crippen molar-refractivity contribution in [2.24, 2.45) is 0 Å². The van der Waals surface area contributed by atoms with E-state index in [1.54, 1.807) is 24.4 Å². The number of anilines is 2. The highest BCUT2D eigenvalue weighted by Gasteiger charge is 2.12. The third-order valence-corrected chi connectivity index (χ3v) is 3.65. The number of aromatic nitrogens is 1. The van der Waals surface area contributed by atoms with Crippen LogP contribution in [0.1, 0.15) is 5.56 Å². The van der Waals surface area contributed by atoms with E-state index in [1.165, 1.54) is 18.2 Å². The second-order valence-electron chi connectivity index (χ2n) is 5.38. The minimum atomic E-state index is -0.303. The van der Waals surface area contributed by atoms with Crippen molar-refractivity contribution in [1.29, 1.82) is 0 Å². The molecule has 24 heavy (non-hydrogen) atoms. The van der Waals surface area contributed by atoms with Crippen molar-refractivity contribution in [2.75, 3.05) is 36.5 Å². The fourth-order valence-corrected chi connectivity index (χ4v) is 2.37. The second kappa shape index (κ2) is 7.70. The molecule has 3 rings (SSSR count). The van der Waals surface area contributed by atoms with Crippen molar-refractivity contribution < 1.29 is 13.9 Å². The van der Waals surface area contributed by atoms with Crippen LogP contribution in [0.2, 0.25) is 0 Å². The number of nitrogens with one attached hydrogen (secondary N) is 1. The van der Waals surface area contributed by atoms with Crippen LogP contribution in [0.15, 0.2) is 48.7 Å². The van der Waals surface area contributed by atoms with E-state index in [4.69, 9.17) is 4.74 Å². The average molecular weight is 327 g/mol. The number of nitrogens with zero attached hydrogens (tertiary/aromatic N) is 2. The van der Waals surface area contributed by atoms with Crippen molar-refractivity contribution in [2.45, 2.75) is 0 Å². The molecular formula is C18H18FN3O2. The van der Waals surface area contributed by atoms with Crippen LogP contribution in [-0.2, 0) is 9.53 Å². The predicted octanol–water partition coefficient (Wildman–Crippen LogP) is 2.71. The number of hydrogen-bond donors (Lipinski definition) is 1. The summed E-state index contributed by atoms with van der Waals surface area (Å²) in [7, 11) is 0. The van der Waals surface area contributed by atoms with E-state index in [0.29, 0.717) is 18.9 Å². The van der Waals surface area contributed by atoms with Gasteiger partial charge in [0, 0.05) is 19.2 Å². The van der Waals surface area contributed by atoms with Crippen LogP contribution in [0.25, 0.3) is 6.08 Å². The molecule has 0 unspecified atom stereocenters. The molecule has 0 aliphatic carbocycles. The summed E-state index contributed by atoms with van der Waals surface area (Å²) >= 11 is 0. The van der Waals surface area contributed by atoms with Gasteiger partial charge in [0.25, 0.3) is 0 Å². The molecular weight excluding hydrogens is 309 g/mol. The molecule has 0 spiro atoms. The van der Waals surface area contributed by atoms with Crippen molar-refractivity contribution >= 4 is 23.5 Å². The lowest BCUT2D eigenvalue weighted by molar-refractivity contribution is -0.111. The molecule has 0 radical (unpaired) electrons. The molecule has 1 saturated heterocycles. The molecule has 1 aromatic heterocycles. The Labute approximate surface area is 139 Å². The first kappa shape index (κ1) is 16.1. The Morgan fingerprint density at radius 2 is 1.92 bits per heavy atom. The van der Waals surface area contributed by atoms with Gasteiger partial charge in [0.15, 0.2) is 0 Å². The molecule has 1 aromatic carbocycles. The van der Waals surface area contributed by atoms with Gasteiger partial charge in [-0.15, -0.1) is 0 Å². The SMILES string of the molecule is O=C(/C=C/c1ccc(F)cc1)Nc1ccc(N2CCOCC2)nc1. The maximum absolute atomic E-state index is 12.8. The quantitative estimate of drug-likeness (QED) is 0.877. The lowest BCUT2D eigenvalue weighted by atomic mass is 10.2. The summed E-state index contributed by atoms with van der Waals surface area (Å²) in [6, 6.07) is 9.62. The van der Waals surface area contributed by atoms with Gasteiger partial charge in [-0.1, -0.05) is 12.1 Å². The van der Waals surface area contributed by atoms with Crippen molar-refractivity contribution in [3.63, 3.8) is 0 Å². The Morgan fingerprint density at radius 1 is 1.17 bits per heavy atom. The largest absolute Gasteiger partial charge is 0.378 e. The highest BCUT2D eigenvalue weighted by molar-refractivity contribution is 6.01. The normalized spacial score (nSPS) is 14.8. The van der Waals surface area contributed by atoms with Crippen LogP contribution < -0.4 is 10.2 Å². The molecule has 0 bridgehead atoms. The molecule has 0 saturated carbocycles. The maximum atomic E-state index is 12.8. The van der Waals surface area contributed by atoms with Gasteiger partial charge in [0.1, 0.15) is 11.6 Å². The first-order chi connectivity index (χ1) is 11.7. The lowest BCUT2D eigenvalue weighted by Crippen LogP contribution is -2.36. The van der Waals surface area contributed by atoms with Crippen molar-refractivity contribution in [3.05, 3.63) is 60.1 Å². The topological polar surface area (TPSA) is 54.5 Å². The van der Waals surface area contributed by atoms with E-state index < -0.39 is 0 Å². The second-order valence-corrected chi connectivity index (χ2v) is 5.38. The zero-order valence-corrected chi connectivity index (χ0v) is 13.1. The van der Waals surface area contributed by atoms with E-state index in [-0.39, 0.29) is 11.7 Å². The summed E-state index contributed by atoms with van der Waals surface area (Å²) in [4.78, 5) is 18.4. The number of ether oxygens (including phenoxy) is 1. The number of halogens is 1. The van der Waals surface area contributed by atoms with Gasteiger partial charge >= 0.3 is 0 Å². The van der Waals surface area contributed by atoms with Gasteiger partial charge in [0.2, 0.25) is 5.91 Å². The van der Waals surface area contributed by atoms with E-state index >= 15 is 0 Å². The van der Waals surface area contributed by atoms with E-state index in [1.807, 2.05) is 12.1 Å². The molecule has 1 aliphatic heterocycles. The monoisotopic (exact) mass is 327 g/mol. The Balaban J connectivity index is 1.57. The fourth-order valence-electron chi connectivity index (χ4n) is 2.37. The van der Waals surface area contributed by atoms with Crippen LogP contribution >= 0.6 is 0 Å². The standard InChI is InChI=1S/C18H18FN3O2/c19-15-4-1-14(2-5-15)3-8-18(23)21-16-6-7-17(20-13-16)22-9-11-24-12-10-22/h1-8,13H,9-12H2,(H,21,23)/b8-3+. The van der Waals surface area contributed by atoms with Gasteiger partial charge in [0.05, 0.1) is 25.1 Å². The number of pyridine rings is 1. The highest BCUT2D eigenvalue weighted by Crippen LogP contribution is 2.15. The third kappa shape index (κ3) is 4.39. The highest BCUT2D eigenvalue weighted by atomic mass is 19.1. The lowest BCUT2D eigenvalue weighted by Gasteiger charge is -2.27. The first-order valence-corrected chi connectivity index (χ1v) is 7.74. The minimum absolute atomic E-state index is 0.264. The zero-order chi connectivity index (χ0) is 16.8. The number of amides is 1. The smallest absolute Gasteiger partial charge is 0.248 e. The fraction of sp³-hybridized carbons (Fsp3) is 0.222. The molecule has 5 nitrogen and oxygen atoms in total. The Morgan fingerprint density at radius 3 is 2.58 bits per heavy atom. The maximum Gasteiger partial charge on any atom is 0.248 e. The van der Waals surface area contributed by atoms with Crippen LogP contribution in [0, 0.1) is 5.82 Å². The summed E-state index contributed by atoms with van der Waals surface area (Å²) in [5, 5.41) is 2.75. The number of rotatable bonds is 4. The number of benzene rings is 1. The predicted molar refractivity (Wildman–Crippen MR) is 91.3 cm³/mol. The summed E-state index contributed by atoms with van der Waals surface area (Å²) in [6.07, 6.45) is 4.67. The van der Waals surface area contributed by atoms with Gasteiger partial charge < -0.3 is 15.0 Å². The number of carbonyl (C=O) groups excluding carboxylic acids is 1. The Kier molecular flexibility index (Phi) is 5.18. The summed E-state index contributed by atoms with van der Waals surface area (Å²) < 4.78 is 18.1. The third-order valence-electron chi connectivity index (χ3n) is 3.65. The van der Waals surface area contributed by atoms with Crippen LogP contribution in [-0.4, -0.2) is 37.2 Å². The van der Waals surface area contributed by atoms with Crippen LogP contribution in [0.3, 0.4) is 0 Å². The summed E-state index contributed by atoms with van der Waals surface area (Å²) in [6.45, 7) is 3.04. The zero-order valence-electron chi connectivity index (χ0n) is 13.1. The molecule has 1 N–H and O–H groups in total. The molecule has 1 amide bonds. The van der Waals surface area contributed by atoms with Crippen molar-refractivity contribution in [3.8, 4) is 0 Å². The summed E-state index contributed by atoms with van der Waals surface area (Å²) in [5.74, 6) is 0.307. The average Bonchev–Trinajstić information content (AvgIpc) is 2.63. The van der Waals surface area contributed by atoms with Gasteiger partial charge in [-0.2, -0.15) is 0 Å². The van der Waals surface area contributed by atoms with Gasteiger partial charge in [-0.25, -0.2) is 9.37 Å². The van der Waals surface area contributed by atoms with E-state index in [9.17, 15) is 9.18 Å². The van der Waals surface area contributed by atoms with Gasteiger partial charge in [-0.3, -0.25) is 4.79 Å². The van der Waals surface area contributed by atoms with Crippen LogP contribution in [0.5, 0.6) is 0 Å². The van der Waals surface area contributed by atoms with E-state index in [0.717, 1.165) is 24.5 Å². The van der Waals surface area contributed by atoms with Crippen LogP contribution in [0.4, 0.5) is 15.9 Å². The molecule has 1 fully saturated rings. The van der Waals surface area contributed by atoms with Crippen molar-refractivity contribution in [1.82, 2.24) is 4.98 Å². The number of morpholine rings is 1. The molecule has 2 aromatic rings. The molecule has 124 valence electrons. The number of carbonyl (C=O) groups is 1. The molecule has 0 atom stereocenters. The summed E-state index contributed by atoms with van der Waals surface area (Å²) in [5.41, 5.74) is 1.38. The van der Waals surface area contributed by atoms with E-state index in [2.05, 4.69) is 15.2 Å². The first-order valence-electron chi connectivity index (χ1n) is 7.74. The molecule has 6 heteroatoms. The minimum Gasteiger partial charge on any atom is -0.378 e. The molecule has 1 aliphatic rings. The van der Waals surface area contributed by atoms with Gasteiger partial charge in [-0.05, 0) is 35.9 Å².